The van der Waals surface area contributed by atoms with Crippen molar-refractivity contribution in [2.24, 2.45) is 0 Å². The molecule has 3 aromatic carbocycles. The molecule has 0 saturated carbocycles. The molecule has 1 aliphatic rings. The lowest BCUT2D eigenvalue weighted by Crippen LogP contribution is -2.29. The smallest absolute Gasteiger partial charge is 0.252 e. The van der Waals surface area contributed by atoms with E-state index in [1.165, 1.54) is 24.3 Å². The minimum Gasteiger partial charge on any atom is -0.492 e. The number of benzene rings is 3. The minimum absolute atomic E-state index is 0.00655. The topological polar surface area (TPSA) is 84.5 Å². The number of ether oxygens (including phenoxy) is 1. The van der Waals surface area contributed by atoms with Crippen LogP contribution in [0.3, 0.4) is 0 Å². The van der Waals surface area contributed by atoms with E-state index in [2.05, 4.69) is 10.6 Å². The van der Waals surface area contributed by atoms with Crippen molar-refractivity contribution < 1.29 is 23.5 Å². The minimum atomic E-state index is -0.434. The zero-order valence-electron chi connectivity index (χ0n) is 17.2. The Hall–Kier alpha value is -4.00. The standard InChI is InChI=1S/C25H21FN2O4/c26-18-8-5-16(6-9-18)24(30)20-3-1-2-4-21(20)25(31)27-13-14-32-19-10-11-22-17(15-19)7-12-23(29)28-22/h1-6,8-11,15H,7,12-14H2,(H,27,31)(H,28,29). The summed E-state index contributed by atoms with van der Waals surface area (Å²) >= 11 is 0. The van der Waals surface area contributed by atoms with Crippen molar-refractivity contribution >= 4 is 23.3 Å². The lowest BCUT2D eigenvalue weighted by molar-refractivity contribution is -0.116. The maximum absolute atomic E-state index is 13.2. The van der Waals surface area contributed by atoms with Gasteiger partial charge in [0.1, 0.15) is 18.2 Å². The molecule has 4 rings (SSSR count). The number of halogens is 1. The molecular weight excluding hydrogens is 411 g/mol. The van der Waals surface area contributed by atoms with Crippen molar-refractivity contribution in [3.05, 3.63) is 94.8 Å². The number of carbonyl (C=O) groups excluding carboxylic acids is 3. The van der Waals surface area contributed by atoms with Gasteiger partial charge in [0.15, 0.2) is 5.78 Å². The second-order valence-electron chi connectivity index (χ2n) is 7.35. The van der Waals surface area contributed by atoms with E-state index in [0.717, 1.165) is 11.3 Å². The molecule has 2 amide bonds. The second kappa shape index (κ2) is 9.43. The van der Waals surface area contributed by atoms with Gasteiger partial charge in [-0.1, -0.05) is 18.2 Å². The molecule has 1 heterocycles. The summed E-state index contributed by atoms with van der Waals surface area (Å²) in [7, 11) is 0. The highest BCUT2D eigenvalue weighted by molar-refractivity contribution is 6.15. The first-order valence-electron chi connectivity index (χ1n) is 10.2. The molecule has 0 aromatic heterocycles. The molecule has 0 spiro atoms. The van der Waals surface area contributed by atoms with Gasteiger partial charge in [-0.3, -0.25) is 14.4 Å². The van der Waals surface area contributed by atoms with Crippen molar-refractivity contribution in [1.29, 1.82) is 0 Å². The van der Waals surface area contributed by atoms with Crippen LogP contribution in [0.4, 0.5) is 10.1 Å². The van der Waals surface area contributed by atoms with Gasteiger partial charge < -0.3 is 15.4 Å². The van der Waals surface area contributed by atoms with Gasteiger partial charge in [-0.15, -0.1) is 0 Å². The third-order valence-electron chi connectivity index (χ3n) is 5.15. The van der Waals surface area contributed by atoms with Crippen LogP contribution in [-0.4, -0.2) is 30.7 Å². The SMILES string of the molecule is O=C1CCc2cc(OCCNC(=O)c3ccccc3C(=O)c3ccc(F)cc3)ccc2N1. The van der Waals surface area contributed by atoms with E-state index in [9.17, 15) is 18.8 Å². The number of hydrogen-bond donors (Lipinski definition) is 2. The van der Waals surface area contributed by atoms with Gasteiger partial charge in [-0.2, -0.15) is 0 Å². The predicted molar refractivity (Wildman–Crippen MR) is 117 cm³/mol. The average Bonchev–Trinajstić information content (AvgIpc) is 2.81. The number of hydrogen-bond acceptors (Lipinski definition) is 4. The Morgan fingerprint density at radius 1 is 0.969 bits per heavy atom. The lowest BCUT2D eigenvalue weighted by atomic mass is 9.98. The summed E-state index contributed by atoms with van der Waals surface area (Å²) in [4.78, 5) is 36.9. The van der Waals surface area contributed by atoms with E-state index < -0.39 is 11.7 Å². The normalized spacial score (nSPS) is 12.5. The molecular formula is C25H21FN2O4. The Kier molecular flexibility index (Phi) is 6.26. The number of anilines is 1. The van der Waals surface area contributed by atoms with Crippen molar-refractivity contribution in [3.8, 4) is 5.75 Å². The van der Waals surface area contributed by atoms with Crippen LogP contribution < -0.4 is 15.4 Å². The first-order valence-corrected chi connectivity index (χ1v) is 10.2. The molecule has 32 heavy (non-hydrogen) atoms. The molecule has 0 atom stereocenters. The van der Waals surface area contributed by atoms with Crippen molar-refractivity contribution in [2.45, 2.75) is 12.8 Å². The van der Waals surface area contributed by atoms with Gasteiger partial charge in [0.2, 0.25) is 5.91 Å². The maximum atomic E-state index is 13.2. The third-order valence-corrected chi connectivity index (χ3v) is 5.15. The summed E-state index contributed by atoms with van der Waals surface area (Å²) in [6.45, 7) is 0.483. The highest BCUT2D eigenvalue weighted by atomic mass is 19.1. The maximum Gasteiger partial charge on any atom is 0.252 e. The summed E-state index contributed by atoms with van der Waals surface area (Å²) in [5.74, 6) is -0.523. The van der Waals surface area contributed by atoms with Crippen LogP contribution in [0.5, 0.6) is 5.75 Å². The fourth-order valence-electron chi connectivity index (χ4n) is 3.51. The molecule has 7 heteroatoms. The number of carbonyl (C=O) groups is 3. The van der Waals surface area contributed by atoms with E-state index in [-0.39, 0.29) is 36.0 Å². The molecule has 0 aliphatic carbocycles. The van der Waals surface area contributed by atoms with Crippen LogP contribution in [0, 0.1) is 5.82 Å². The number of amides is 2. The Morgan fingerprint density at radius 3 is 2.50 bits per heavy atom. The fraction of sp³-hybridized carbons (Fsp3) is 0.160. The summed E-state index contributed by atoms with van der Waals surface area (Å²) in [5.41, 5.74) is 2.60. The van der Waals surface area contributed by atoms with E-state index in [4.69, 9.17) is 4.74 Å². The van der Waals surface area contributed by atoms with E-state index in [1.807, 2.05) is 6.07 Å². The van der Waals surface area contributed by atoms with Gasteiger partial charge in [-0.25, -0.2) is 4.39 Å². The molecule has 3 aromatic rings. The summed E-state index contributed by atoms with van der Waals surface area (Å²) in [5, 5.41) is 5.58. The second-order valence-corrected chi connectivity index (χ2v) is 7.35. The van der Waals surface area contributed by atoms with E-state index in [0.29, 0.717) is 24.2 Å². The number of fused-ring (bicyclic) bond motifs is 1. The molecule has 0 fully saturated rings. The van der Waals surface area contributed by atoms with Crippen molar-refractivity contribution in [3.63, 3.8) is 0 Å². The highest BCUT2D eigenvalue weighted by Crippen LogP contribution is 2.26. The Balaban J connectivity index is 1.35. The Bertz CT molecular complexity index is 1170. The summed E-state index contributed by atoms with van der Waals surface area (Å²) in [6.07, 6.45) is 1.11. The van der Waals surface area contributed by atoms with Crippen molar-refractivity contribution in [1.82, 2.24) is 5.32 Å². The first kappa shape index (κ1) is 21.2. The molecule has 0 saturated heterocycles. The number of nitrogens with one attached hydrogen (secondary N) is 2. The summed E-state index contributed by atoms with van der Waals surface area (Å²) < 4.78 is 18.9. The van der Waals surface area contributed by atoms with Gasteiger partial charge in [0.05, 0.1) is 12.1 Å². The zero-order chi connectivity index (χ0) is 22.5. The number of ketones is 1. The molecule has 6 nitrogen and oxygen atoms in total. The first-order chi connectivity index (χ1) is 15.5. The highest BCUT2D eigenvalue weighted by Gasteiger charge is 2.18. The van der Waals surface area contributed by atoms with Crippen LogP contribution >= 0.6 is 0 Å². The largest absolute Gasteiger partial charge is 0.492 e. The number of aryl methyl sites for hydroxylation is 1. The Morgan fingerprint density at radius 2 is 1.72 bits per heavy atom. The Labute approximate surface area is 184 Å². The van der Waals surface area contributed by atoms with Gasteiger partial charge in [0.25, 0.3) is 5.91 Å². The van der Waals surface area contributed by atoms with Gasteiger partial charge >= 0.3 is 0 Å². The van der Waals surface area contributed by atoms with Crippen LogP contribution in [0.15, 0.2) is 66.7 Å². The monoisotopic (exact) mass is 432 g/mol. The molecule has 0 radical (unpaired) electrons. The molecule has 162 valence electrons. The molecule has 0 unspecified atom stereocenters. The van der Waals surface area contributed by atoms with Crippen LogP contribution in [0.25, 0.3) is 0 Å². The molecule has 1 aliphatic heterocycles. The molecule has 0 bridgehead atoms. The fourth-order valence-corrected chi connectivity index (χ4v) is 3.51. The average molecular weight is 432 g/mol. The quantitative estimate of drug-likeness (QED) is 0.440. The summed E-state index contributed by atoms with van der Waals surface area (Å²) in [6, 6.07) is 17.2. The molecule has 2 N–H and O–H groups in total. The van der Waals surface area contributed by atoms with Crippen LogP contribution in [0.1, 0.15) is 38.3 Å². The van der Waals surface area contributed by atoms with Gasteiger partial charge in [0, 0.05) is 23.2 Å². The predicted octanol–water partition coefficient (Wildman–Crippen LogP) is 3.75. The zero-order valence-corrected chi connectivity index (χ0v) is 17.2. The van der Waals surface area contributed by atoms with Crippen molar-refractivity contribution in [2.75, 3.05) is 18.5 Å². The third kappa shape index (κ3) is 4.83. The number of rotatable bonds is 7. The van der Waals surface area contributed by atoms with E-state index in [1.54, 1.807) is 36.4 Å². The van der Waals surface area contributed by atoms with Crippen LogP contribution in [0.2, 0.25) is 0 Å². The lowest BCUT2D eigenvalue weighted by Gasteiger charge is -2.17. The van der Waals surface area contributed by atoms with Crippen LogP contribution in [-0.2, 0) is 11.2 Å². The van der Waals surface area contributed by atoms with Gasteiger partial charge in [-0.05, 0) is 60.5 Å². The van der Waals surface area contributed by atoms with E-state index >= 15 is 0 Å².